The van der Waals surface area contributed by atoms with Crippen molar-refractivity contribution in [3.8, 4) is 5.75 Å². The molecule has 0 saturated carbocycles. The van der Waals surface area contributed by atoms with Crippen molar-refractivity contribution in [3.05, 3.63) is 71.3 Å². The van der Waals surface area contributed by atoms with Gasteiger partial charge in [0.15, 0.2) is 0 Å². The molecule has 2 aromatic rings. The molecule has 1 aliphatic rings. The molecule has 3 heteroatoms. The van der Waals surface area contributed by atoms with Gasteiger partial charge in [-0.15, -0.1) is 0 Å². The largest absolute Gasteiger partial charge is 0.497 e. The standard InChI is InChI=1S/C20H21NO2/c1-21(19-12-11-16-7-3-4-9-18(16)19)20(22)13-10-15-6-5-8-17(14-15)23-2/h3-10,13-14,19H,11-12H2,1-2H3/b13-10+. The van der Waals surface area contributed by atoms with Crippen LogP contribution in [0.1, 0.15) is 29.2 Å². The average Bonchev–Trinajstić information content (AvgIpc) is 3.03. The summed E-state index contributed by atoms with van der Waals surface area (Å²) in [6.07, 6.45) is 5.50. The van der Waals surface area contributed by atoms with Gasteiger partial charge in [0.05, 0.1) is 13.2 Å². The molecule has 0 spiro atoms. The fourth-order valence-electron chi connectivity index (χ4n) is 3.12. The smallest absolute Gasteiger partial charge is 0.246 e. The predicted octanol–water partition coefficient (Wildman–Crippen LogP) is 3.85. The zero-order chi connectivity index (χ0) is 16.2. The molecule has 0 bridgehead atoms. The number of rotatable bonds is 4. The Morgan fingerprint density at radius 2 is 2.04 bits per heavy atom. The van der Waals surface area contributed by atoms with Gasteiger partial charge >= 0.3 is 0 Å². The fourth-order valence-corrected chi connectivity index (χ4v) is 3.12. The second-order valence-electron chi connectivity index (χ2n) is 5.81. The van der Waals surface area contributed by atoms with Gasteiger partial charge in [-0.1, -0.05) is 36.4 Å². The molecule has 0 aromatic heterocycles. The first-order chi connectivity index (χ1) is 11.2. The number of amides is 1. The molecule has 1 atom stereocenters. The van der Waals surface area contributed by atoms with E-state index in [0.717, 1.165) is 24.2 Å². The van der Waals surface area contributed by atoms with Crippen LogP contribution >= 0.6 is 0 Å². The van der Waals surface area contributed by atoms with Crippen LogP contribution in [0.15, 0.2) is 54.6 Å². The van der Waals surface area contributed by atoms with Crippen LogP contribution in [0.2, 0.25) is 0 Å². The highest BCUT2D eigenvalue weighted by Gasteiger charge is 2.27. The molecule has 1 unspecified atom stereocenters. The van der Waals surface area contributed by atoms with Crippen molar-refractivity contribution in [3.63, 3.8) is 0 Å². The lowest BCUT2D eigenvalue weighted by atomic mass is 10.1. The topological polar surface area (TPSA) is 29.5 Å². The molecule has 3 rings (SSSR count). The maximum Gasteiger partial charge on any atom is 0.246 e. The SMILES string of the molecule is COc1cccc(/C=C/C(=O)N(C)C2CCc3ccccc32)c1. The van der Waals surface area contributed by atoms with Crippen molar-refractivity contribution in [1.29, 1.82) is 0 Å². The number of carbonyl (C=O) groups is 1. The van der Waals surface area contributed by atoms with Crippen LogP contribution in [-0.4, -0.2) is 25.0 Å². The van der Waals surface area contributed by atoms with Crippen LogP contribution in [0.25, 0.3) is 6.08 Å². The molecule has 0 N–H and O–H groups in total. The van der Waals surface area contributed by atoms with Crippen molar-refractivity contribution in [1.82, 2.24) is 4.90 Å². The third-order valence-electron chi connectivity index (χ3n) is 4.43. The van der Waals surface area contributed by atoms with E-state index in [0.29, 0.717) is 0 Å². The number of methoxy groups -OCH3 is 1. The zero-order valence-electron chi connectivity index (χ0n) is 13.5. The van der Waals surface area contributed by atoms with Gasteiger partial charge in [-0.2, -0.15) is 0 Å². The minimum atomic E-state index is 0.0227. The van der Waals surface area contributed by atoms with Gasteiger partial charge in [-0.05, 0) is 47.7 Å². The number of hydrogen-bond acceptors (Lipinski definition) is 2. The maximum atomic E-state index is 12.5. The van der Waals surface area contributed by atoms with E-state index in [1.54, 1.807) is 13.2 Å². The summed E-state index contributed by atoms with van der Waals surface area (Å²) in [5.74, 6) is 0.812. The second-order valence-corrected chi connectivity index (χ2v) is 5.81. The third-order valence-corrected chi connectivity index (χ3v) is 4.43. The highest BCUT2D eigenvalue weighted by molar-refractivity contribution is 5.92. The summed E-state index contributed by atoms with van der Waals surface area (Å²) < 4.78 is 5.20. The van der Waals surface area contributed by atoms with Gasteiger partial charge in [-0.3, -0.25) is 4.79 Å². The van der Waals surface area contributed by atoms with E-state index >= 15 is 0 Å². The fraction of sp³-hybridized carbons (Fsp3) is 0.250. The molecule has 2 aromatic carbocycles. The van der Waals surface area contributed by atoms with Crippen LogP contribution in [0, 0.1) is 0 Å². The zero-order valence-corrected chi connectivity index (χ0v) is 13.5. The Labute approximate surface area is 137 Å². The van der Waals surface area contributed by atoms with Gasteiger partial charge in [0, 0.05) is 13.1 Å². The van der Waals surface area contributed by atoms with Crippen LogP contribution in [0.4, 0.5) is 0 Å². The Morgan fingerprint density at radius 1 is 1.22 bits per heavy atom. The van der Waals surface area contributed by atoms with E-state index in [4.69, 9.17) is 4.74 Å². The highest BCUT2D eigenvalue weighted by atomic mass is 16.5. The molecule has 23 heavy (non-hydrogen) atoms. The third kappa shape index (κ3) is 3.29. The Kier molecular flexibility index (Phi) is 4.47. The predicted molar refractivity (Wildman–Crippen MR) is 92.3 cm³/mol. The van der Waals surface area contributed by atoms with Crippen LogP contribution < -0.4 is 4.74 Å². The Bertz CT molecular complexity index is 736. The van der Waals surface area contributed by atoms with Crippen molar-refractivity contribution in [2.75, 3.05) is 14.2 Å². The van der Waals surface area contributed by atoms with Gasteiger partial charge in [0.2, 0.25) is 5.91 Å². The maximum absolute atomic E-state index is 12.5. The summed E-state index contributed by atoms with van der Waals surface area (Å²) in [7, 11) is 3.52. The normalized spacial score (nSPS) is 16.3. The van der Waals surface area contributed by atoms with Gasteiger partial charge < -0.3 is 9.64 Å². The first-order valence-corrected chi connectivity index (χ1v) is 7.86. The molecule has 118 valence electrons. The van der Waals surface area contributed by atoms with Crippen LogP contribution in [0.5, 0.6) is 5.75 Å². The highest BCUT2D eigenvalue weighted by Crippen LogP contribution is 2.34. The number of ether oxygens (including phenoxy) is 1. The molecule has 1 amide bonds. The second kappa shape index (κ2) is 6.69. The lowest BCUT2D eigenvalue weighted by Gasteiger charge is -2.24. The quantitative estimate of drug-likeness (QED) is 0.803. The molecule has 0 heterocycles. The van der Waals surface area contributed by atoms with Crippen molar-refractivity contribution >= 4 is 12.0 Å². The van der Waals surface area contributed by atoms with Gasteiger partial charge in [0.25, 0.3) is 0 Å². The summed E-state index contributed by atoms with van der Waals surface area (Å²) in [5.41, 5.74) is 3.59. The minimum absolute atomic E-state index is 0.0227. The van der Waals surface area contributed by atoms with E-state index in [2.05, 4.69) is 18.2 Å². The van der Waals surface area contributed by atoms with E-state index in [9.17, 15) is 4.79 Å². The Hall–Kier alpha value is -2.55. The lowest BCUT2D eigenvalue weighted by molar-refractivity contribution is -0.126. The number of carbonyl (C=O) groups excluding carboxylic acids is 1. The average molecular weight is 307 g/mol. The van der Waals surface area contributed by atoms with Crippen molar-refractivity contribution in [2.45, 2.75) is 18.9 Å². The Balaban J connectivity index is 1.72. The summed E-state index contributed by atoms with van der Waals surface area (Å²) in [5, 5.41) is 0. The molecule has 1 aliphatic carbocycles. The monoisotopic (exact) mass is 307 g/mol. The van der Waals surface area contributed by atoms with Gasteiger partial charge in [0.1, 0.15) is 5.75 Å². The summed E-state index contributed by atoms with van der Waals surface area (Å²) in [4.78, 5) is 14.3. The molecule has 0 saturated heterocycles. The molecule has 0 radical (unpaired) electrons. The number of benzene rings is 2. The van der Waals surface area contributed by atoms with Crippen molar-refractivity contribution in [2.24, 2.45) is 0 Å². The molecular formula is C20H21NO2. The van der Waals surface area contributed by atoms with E-state index in [1.165, 1.54) is 11.1 Å². The number of fused-ring (bicyclic) bond motifs is 1. The van der Waals surface area contributed by atoms with E-state index in [1.807, 2.05) is 48.4 Å². The van der Waals surface area contributed by atoms with Gasteiger partial charge in [-0.25, -0.2) is 0 Å². The molecular weight excluding hydrogens is 286 g/mol. The first kappa shape index (κ1) is 15.3. The Morgan fingerprint density at radius 3 is 2.87 bits per heavy atom. The summed E-state index contributed by atoms with van der Waals surface area (Å²) in [6.45, 7) is 0. The molecule has 0 aliphatic heterocycles. The van der Waals surface area contributed by atoms with Crippen molar-refractivity contribution < 1.29 is 9.53 Å². The number of likely N-dealkylation sites (N-methyl/N-ethyl adjacent to an activating group) is 1. The minimum Gasteiger partial charge on any atom is -0.497 e. The molecule has 3 nitrogen and oxygen atoms in total. The first-order valence-electron chi connectivity index (χ1n) is 7.86. The number of aryl methyl sites for hydroxylation is 1. The van der Waals surface area contributed by atoms with Crippen LogP contribution in [0.3, 0.4) is 0 Å². The molecule has 0 fully saturated rings. The van der Waals surface area contributed by atoms with Crippen LogP contribution in [-0.2, 0) is 11.2 Å². The lowest BCUT2D eigenvalue weighted by Crippen LogP contribution is -2.28. The summed E-state index contributed by atoms with van der Waals surface area (Å²) >= 11 is 0. The summed E-state index contributed by atoms with van der Waals surface area (Å²) in [6, 6.07) is 16.2. The number of hydrogen-bond donors (Lipinski definition) is 0. The number of nitrogens with zero attached hydrogens (tertiary/aromatic N) is 1. The van der Waals surface area contributed by atoms with E-state index < -0.39 is 0 Å². The van der Waals surface area contributed by atoms with E-state index in [-0.39, 0.29) is 11.9 Å².